The normalized spacial score (nSPS) is 21.3. The average molecular weight is 332 g/mol. The largest absolute Gasteiger partial charge is 0.470 e. The van der Waals surface area contributed by atoms with Gasteiger partial charge in [-0.3, -0.25) is 4.79 Å². The molecule has 1 atom stereocenters. The first-order chi connectivity index (χ1) is 11.3. The molecule has 1 aliphatic carbocycles. The molecule has 1 amide bonds. The zero-order chi connectivity index (χ0) is 16.1. The molecule has 1 aliphatic heterocycles. The number of aromatic nitrogens is 2. The van der Waals surface area contributed by atoms with Crippen LogP contribution in [0, 0.1) is 11.3 Å². The number of hydrogen-bond acceptors (Lipinski definition) is 6. The molecule has 1 unspecified atom stereocenters. The molecule has 23 heavy (non-hydrogen) atoms. The molecule has 1 aromatic heterocycles. The summed E-state index contributed by atoms with van der Waals surface area (Å²) in [6.07, 6.45) is 8.71. The van der Waals surface area contributed by atoms with Crippen LogP contribution in [0.25, 0.3) is 0 Å². The van der Waals surface area contributed by atoms with Gasteiger partial charge in [-0.05, 0) is 12.8 Å². The van der Waals surface area contributed by atoms with Crippen molar-refractivity contribution in [3.63, 3.8) is 0 Å². The van der Waals surface area contributed by atoms with Gasteiger partial charge in [0, 0.05) is 30.6 Å². The molecule has 2 aliphatic rings. The molecular weight excluding hydrogens is 312 g/mol. The van der Waals surface area contributed by atoms with Gasteiger partial charge in [-0.15, -0.1) is 11.8 Å². The molecule has 7 heteroatoms. The number of amides is 1. The third kappa shape index (κ3) is 4.14. The minimum atomic E-state index is -0.112. The second-order valence-corrected chi connectivity index (χ2v) is 7.20. The number of ether oxygens (including phenoxy) is 1. The van der Waals surface area contributed by atoms with Crippen LogP contribution in [-0.4, -0.2) is 51.0 Å². The molecule has 122 valence electrons. The third-order valence-corrected chi connectivity index (χ3v) is 5.65. The van der Waals surface area contributed by atoms with Gasteiger partial charge < -0.3 is 9.64 Å². The molecule has 0 spiro atoms. The lowest BCUT2D eigenvalue weighted by Gasteiger charge is -2.18. The van der Waals surface area contributed by atoms with Crippen molar-refractivity contribution in [2.75, 3.05) is 18.8 Å². The zero-order valence-corrected chi connectivity index (χ0v) is 13.8. The predicted molar refractivity (Wildman–Crippen MR) is 87.1 cm³/mol. The number of thioether (sulfide) groups is 1. The van der Waals surface area contributed by atoms with Crippen molar-refractivity contribution in [1.82, 2.24) is 14.9 Å². The lowest BCUT2D eigenvalue weighted by Crippen LogP contribution is -2.32. The highest BCUT2D eigenvalue weighted by Gasteiger charge is 2.29. The van der Waals surface area contributed by atoms with E-state index in [2.05, 4.69) is 9.97 Å². The third-order valence-electron chi connectivity index (χ3n) is 4.29. The first-order valence-corrected chi connectivity index (χ1v) is 9.08. The fraction of sp³-hybridized carbons (Fsp3) is 0.625. The van der Waals surface area contributed by atoms with Crippen LogP contribution in [0.4, 0.5) is 0 Å². The van der Waals surface area contributed by atoms with Crippen molar-refractivity contribution in [3.05, 3.63) is 18.1 Å². The Balaban J connectivity index is 1.48. The predicted octanol–water partition coefficient (Wildman–Crippen LogP) is 2.00. The second-order valence-electron chi connectivity index (χ2n) is 5.91. The first kappa shape index (κ1) is 16.1. The van der Waals surface area contributed by atoms with Crippen LogP contribution in [0.2, 0.25) is 0 Å². The number of rotatable bonds is 5. The van der Waals surface area contributed by atoms with Gasteiger partial charge in [-0.25, -0.2) is 9.97 Å². The van der Waals surface area contributed by atoms with E-state index in [1.165, 1.54) is 38.1 Å². The number of carbonyl (C=O) groups excluding carboxylic acids is 1. The molecule has 2 fully saturated rings. The topological polar surface area (TPSA) is 79.1 Å². The summed E-state index contributed by atoms with van der Waals surface area (Å²) in [5.41, 5.74) is 0.189. The van der Waals surface area contributed by atoms with E-state index >= 15 is 0 Å². The van der Waals surface area contributed by atoms with Gasteiger partial charge in [-0.2, -0.15) is 5.26 Å². The van der Waals surface area contributed by atoms with Gasteiger partial charge in [0.15, 0.2) is 0 Å². The summed E-state index contributed by atoms with van der Waals surface area (Å²) in [7, 11) is 0. The van der Waals surface area contributed by atoms with Crippen molar-refractivity contribution < 1.29 is 9.53 Å². The molecule has 0 bridgehead atoms. The lowest BCUT2D eigenvalue weighted by atomic mass is 10.3. The standard InChI is InChI=1S/C16H20N4O2S/c17-9-14-16(19-7-6-18-14)22-12-5-8-20(10-12)15(21)11-23-13-3-1-2-4-13/h6-7,12-13H,1-5,8,10-11H2. The van der Waals surface area contributed by atoms with Crippen LogP contribution in [0.1, 0.15) is 37.8 Å². The van der Waals surface area contributed by atoms with E-state index in [4.69, 9.17) is 10.00 Å². The van der Waals surface area contributed by atoms with Gasteiger partial charge in [0.05, 0.1) is 12.3 Å². The minimum Gasteiger partial charge on any atom is -0.470 e. The molecule has 6 nitrogen and oxygen atoms in total. The van der Waals surface area contributed by atoms with Crippen LogP contribution in [-0.2, 0) is 4.79 Å². The van der Waals surface area contributed by atoms with Gasteiger partial charge in [0.1, 0.15) is 12.2 Å². The smallest absolute Gasteiger partial charge is 0.251 e. The van der Waals surface area contributed by atoms with E-state index < -0.39 is 0 Å². The van der Waals surface area contributed by atoms with Gasteiger partial charge in [-0.1, -0.05) is 12.8 Å². The summed E-state index contributed by atoms with van der Waals surface area (Å²) < 4.78 is 5.76. The van der Waals surface area contributed by atoms with Gasteiger partial charge in [0.25, 0.3) is 5.88 Å². The molecule has 0 aromatic carbocycles. The quantitative estimate of drug-likeness (QED) is 0.820. The number of nitriles is 1. The van der Waals surface area contributed by atoms with E-state index in [-0.39, 0.29) is 23.6 Å². The Morgan fingerprint density at radius 2 is 2.13 bits per heavy atom. The number of hydrogen-bond donors (Lipinski definition) is 0. The highest BCUT2D eigenvalue weighted by molar-refractivity contribution is 8.00. The van der Waals surface area contributed by atoms with Crippen molar-refractivity contribution in [3.8, 4) is 11.9 Å². The average Bonchev–Trinajstić information content (AvgIpc) is 3.25. The molecule has 1 aromatic rings. The Bertz CT molecular complexity index is 598. The molecule has 3 rings (SSSR count). The van der Waals surface area contributed by atoms with Crippen LogP contribution in [0.5, 0.6) is 5.88 Å². The second kappa shape index (κ2) is 7.64. The summed E-state index contributed by atoms with van der Waals surface area (Å²) in [5.74, 6) is 1.01. The molecule has 2 heterocycles. The fourth-order valence-corrected chi connectivity index (χ4v) is 4.26. The van der Waals surface area contributed by atoms with E-state index in [9.17, 15) is 4.79 Å². The monoisotopic (exact) mass is 332 g/mol. The molecular formula is C16H20N4O2S. The SMILES string of the molecule is N#Cc1nccnc1OC1CCN(C(=O)CSC2CCCC2)C1. The first-order valence-electron chi connectivity index (χ1n) is 8.03. The van der Waals surface area contributed by atoms with Crippen molar-refractivity contribution in [2.45, 2.75) is 43.5 Å². The number of likely N-dealkylation sites (tertiary alicyclic amines) is 1. The van der Waals surface area contributed by atoms with Gasteiger partial charge >= 0.3 is 0 Å². The molecule has 0 N–H and O–H groups in total. The minimum absolute atomic E-state index is 0.112. The lowest BCUT2D eigenvalue weighted by molar-refractivity contribution is -0.127. The Kier molecular flexibility index (Phi) is 5.34. The zero-order valence-electron chi connectivity index (χ0n) is 13.0. The van der Waals surface area contributed by atoms with E-state index in [1.807, 2.05) is 11.0 Å². The summed E-state index contributed by atoms with van der Waals surface area (Å²) in [6, 6.07) is 1.97. The van der Waals surface area contributed by atoms with E-state index in [0.29, 0.717) is 24.1 Å². The maximum absolute atomic E-state index is 12.3. The van der Waals surface area contributed by atoms with Gasteiger partial charge in [0.2, 0.25) is 11.6 Å². The Morgan fingerprint density at radius 3 is 2.91 bits per heavy atom. The van der Waals surface area contributed by atoms with E-state index in [1.54, 1.807) is 11.8 Å². The highest BCUT2D eigenvalue weighted by atomic mass is 32.2. The maximum atomic E-state index is 12.3. The molecule has 1 saturated carbocycles. The van der Waals surface area contributed by atoms with Crippen LogP contribution < -0.4 is 4.74 Å². The van der Waals surface area contributed by atoms with Crippen LogP contribution >= 0.6 is 11.8 Å². The molecule has 1 saturated heterocycles. The van der Waals surface area contributed by atoms with Crippen molar-refractivity contribution in [2.24, 2.45) is 0 Å². The summed E-state index contributed by atoms with van der Waals surface area (Å²) >= 11 is 1.79. The number of nitrogens with zero attached hydrogens (tertiary/aromatic N) is 4. The van der Waals surface area contributed by atoms with Crippen molar-refractivity contribution in [1.29, 1.82) is 5.26 Å². The molecule has 0 radical (unpaired) electrons. The highest BCUT2D eigenvalue weighted by Crippen LogP contribution is 2.29. The van der Waals surface area contributed by atoms with Crippen LogP contribution in [0.15, 0.2) is 12.4 Å². The number of carbonyl (C=O) groups is 1. The summed E-state index contributed by atoms with van der Waals surface area (Å²) in [6.45, 7) is 1.27. The summed E-state index contributed by atoms with van der Waals surface area (Å²) in [4.78, 5) is 22.1. The maximum Gasteiger partial charge on any atom is 0.251 e. The van der Waals surface area contributed by atoms with E-state index in [0.717, 1.165) is 6.42 Å². The van der Waals surface area contributed by atoms with Crippen molar-refractivity contribution >= 4 is 17.7 Å². The van der Waals surface area contributed by atoms with Crippen LogP contribution in [0.3, 0.4) is 0 Å². The fourth-order valence-electron chi connectivity index (χ4n) is 3.03. The Morgan fingerprint density at radius 1 is 1.35 bits per heavy atom. The summed E-state index contributed by atoms with van der Waals surface area (Å²) in [5, 5.41) is 9.67. The Hall–Kier alpha value is -1.81. The Labute approximate surface area is 140 Å².